The van der Waals surface area contributed by atoms with E-state index in [-0.39, 0.29) is 6.03 Å². The highest BCUT2D eigenvalue weighted by Gasteiger charge is 2.22. The molecular formula is C14H21N3O2. The van der Waals surface area contributed by atoms with Crippen LogP contribution in [0.3, 0.4) is 0 Å². The second kappa shape index (κ2) is 5.93. The smallest absolute Gasteiger partial charge is 0.321 e. The lowest BCUT2D eigenvalue weighted by atomic mass is 10.1. The number of anilines is 2. The molecule has 2 rings (SSSR count). The topological polar surface area (TPSA) is 55.8 Å². The highest BCUT2D eigenvalue weighted by atomic mass is 16.3. The van der Waals surface area contributed by atoms with Crippen LogP contribution < -0.4 is 10.2 Å². The maximum absolute atomic E-state index is 12.2. The summed E-state index contributed by atoms with van der Waals surface area (Å²) in [6.07, 6.45) is 1.23. The Labute approximate surface area is 113 Å². The molecular weight excluding hydrogens is 242 g/mol. The van der Waals surface area contributed by atoms with Gasteiger partial charge >= 0.3 is 6.03 Å². The van der Waals surface area contributed by atoms with Crippen molar-refractivity contribution in [1.82, 2.24) is 4.90 Å². The van der Waals surface area contributed by atoms with Gasteiger partial charge in [0, 0.05) is 27.2 Å². The van der Waals surface area contributed by atoms with E-state index in [4.69, 9.17) is 0 Å². The van der Waals surface area contributed by atoms with E-state index in [0.717, 1.165) is 24.2 Å². The van der Waals surface area contributed by atoms with Gasteiger partial charge in [-0.1, -0.05) is 12.1 Å². The maximum Gasteiger partial charge on any atom is 0.321 e. The number of likely N-dealkylation sites (tertiary alicyclic amines) is 1. The van der Waals surface area contributed by atoms with Crippen LogP contribution in [0.2, 0.25) is 0 Å². The van der Waals surface area contributed by atoms with Gasteiger partial charge in [0.15, 0.2) is 0 Å². The Kier molecular flexibility index (Phi) is 4.27. The van der Waals surface area contributed by atoms with E-state index in [9.17, 15) is 9.90 Å². The second-order valence-corrected chi connectivity index (χ2v) is 5.08. The predicted molar refractivity (Wildman–Crippen MR) is 76.6 cm³/mol. The molecule has 1 heterocycles. The minimum atomic E-state index is -0.399. The van der Waals surface area contributed by atoms with Crippen molar-refractivity contribution in [2.75, 3.05) is 37.4 Å². The Morgan fingerprint density at radius 2 is 2.16 bits per heavy atom. The number of hydrogen-bond donors (Lipinski definition) is 2. The number of carbonyl (C=O) groups excluding carboxylic acids is 1. The minimum absolute atomic E-state index is 0.145. The fraction of sp³-hybridized carbons (Fsp3) is 0.500. The SMILES string of the molecule is CN(C)c1ccccc1NC(=O)N1CCCC(O)C1. The van der Waals surface area contributed by atoms with Crippen LogP contribution in [-0.2, 0) is 0 Å². The van der Waals surface area contributed by atoms with E-state index in [1.807, 2.05) is 43.3 Å². The highest BCUT2D eigenvalue weighted by Crippen LogP contribution is 2.24. The molecule has 1 aromatic rings. The third kappa shape index (κ3) is 3.38. The third-order valence-electron chi connectivity index (χ3n) is 3.31. The molecule has 1 atom stereocenters. The molecule has 1 saturated heterocycles. The van der Waals surface area contributed by atoms with Crippen molar-refractivity contribution in [3.8, 4) is 0 Å². The average molecular weight is 263 g/mol. The molecule has 1 fully saturated rings. The molecule has 1 aliphatic heterocycles. The largest absolute Gasteiger partial charge is 0.391 e. The summed E-state index contributed by atoms with van der Waals surface area (Å²) in [4.78, 5) is 15.8. The minimum Gasteiger partial charge on any atom is -0.391 e. The van der Waals surface area contributed by atoms with Gasteiger partial charge in [-0.3, -0.25) is 0 Å². The van der Waals surface area contributed by atoms with Crippen LogP contribution in [0.1, 0.15) is 12.8 Å². The van der Waals surface area contributed by atoms with Gasteiger partial charge in [-0.05, 0) is 25.0 Å². The van der Waals surface area contributed by atoms with E-state index in [0.29, 0.717) is 13.1 Å². The molecule has 19 heavy (non-hydrogen) atoms. The zero-order valence-corrected chi connectivity index (χ0v) is 11.5. The number of β-amino-alcohol motifs (C(OH)–C–C–N with tert-alkyl or cyclic N) is 1. The molecule has 0 radical (unpaired) electrons. The van der Waals surface area contributed by atoms with Gasteiger partial charge in [0.25, 0.3) is 0 Å². The van der Waals surface area contributed by atoms with Crippen LogP contribution in [0.25, 0.3) is 0 Å². The zero-order valence-electron chi connectivity index (χ0n) is 11.5. The van der Waals surface area contributed by atoms with E-state index < -0.39 is 6.10 Å². The van der Waals surface area contributed by atoms with Crippen molar-refractivity contribution >= 4 is 17.4 Å². The van der Waals surface area contributed by atoms with E-state index in [2.05, 4.69) is 5.32 Å². The molecule has 0 saturated carbocycles. The molecule has 2 amide bonds. The summed E-state index contributed by atoms with van der Waals surface area (Å²) in [6, 6.07) is 7.53. The van der Waals surface area contributed by atoms with Gasteiger partial charge in [-0.15, -0.1) is 0 Å². The molecule has 5 nitrogen and oxygen atoms in total. The number of aliphatic hydroxyl groups is 1. The molecule has 104 valence electrons. The normalized spacial score (nSPS) is 19.1. The Morgan fingerprint density at radius 1 is 1.42 bits per heavy atom. The lowest BCUT2D eigenvalue weighted by molar-refractivity contribution is 0.0883. The van der Waals surface area contributed by atoms with Gasteiger partial charge in [-0.25, -0.2) is 4.79 Å². The molecule has 1 aromatic carbocycles. The summed E-state index contributed by atoms with van der Waals surface area (Å²) in [5.74, 6) is 0. The first-order valence-corrected chi connectivity index (χ1v) is 6.58. The number of urea groups is 1. The molecule has 5 heteroatoms. The molecule has 0 aromatic heterocycles. The lowest BCUT2D eigenvalue weighted by Gasteiger charge is -2.30. The van der Waals surface area contributed by atoms with Crippen LogP contribution in [0.5, 0.6) is 0 Å². The molecule has 0 aliphatic carbocycles. The Balaban J connectivity index is 2.06. The van der Waals surface area contributed by atoms with Gasteiger partial charge in [0.05, 0.1) is 17.5 Å². The predicted octanol–water partition coefficient (Wildman–Crippen LogP) is 1.74. The van der Waals surface area contributed by atoms with Crippen molar-refractivity contribution in [3.05, 3.63) is 24.3 Å². The first-order chi connectivity index (χ1) is 9.08. The van der Waals surface area contributed by atoms with Crippen molar-refractivity contribution in [1.29, 1.82) is 0 Å². The average Bonchev–Trinajstić information content (AvgIpc) is 2.39. The quantitative estimate of drug-likeness (QED) is 0.854. The van der Waals surface area contributed by atoms with Crippen molar-refractivity contribution in [3.63, 3.8) is 0 Å². The number of amides is 2. The Morgan fingerprint density at radius 3 is 2.84 bits per heavy atom. The summed E-state index contributed by atoms with van der Waals surface area (Å²) < 4.78 is 0. The monoisotopic (exact) mass is 263 g/mol. The molecule has 1 unspecified atom stereocenters. The summed E-state index contributed by atoms with van der Waals surface area (Å²) in [6.45, 7) is 1.11. The number of aliphatic hydroxyl groups excluding tert-OH is 1. The number of hydrogen-bond acceptors (Lipinski definition) is 3. The summed E-state index contributed by atoms with van der Waals surface area (Å²) in [7, 11) is 3.88. The molecule has 0 bridgehead atoms. The highest BCUT2D eigenvalue weighted by molar-refractivity contribution is 5.93. The number of carbonyl (C=O) groups is 1. The van der Waals surface area contributed by atoms with Gasteiger partial charge in [0.2, 0.25) is 0 Å². The van der Waals surface area contributed by atoms with Crippen LogP contribution in [0.4, 0.5) is 16.2 Å². The Hall–Kier alpha value is -1.75. The van der Waals surface area contributed by atoms with Crippen LogP contribution in [0, 0.1) is 0 Å². The summed E-state index contributed by atoms with van der Waals surface area (Å²) >= 11 is 0. The number of rotatable bonds is 2. The molecule has 1 aliphatic rings. The first-order valence-electron chi connectivity index (χ1n) is 6.58. The number of para-hydroxylation sites is 2. The number of piperidine rings is 1. The van der Waals surface area contributed by atoms with Crippen LogP contribution >= 0.6 is 0 Å². The molecule has 0 spiro atoms. The van der Waals surface area contributed by atoms with Gasteiger partial charge in [-0.2, -0.15) is 0 Å². The maximum atomic E-state index is 12.2. The lowest BCUT2D eigenvalue weighted by Crippen LogP contribution is -2.44. The van der Waals surface area contributed by atoms with Crippen molar-refractivity contribution < 1.29 is 9.90 Å². The van der Waals surface area contributed by atoms with E-state index >= 15 is 0 Å². The van der Waals surface area contributed by atoms with E-state index in [1.54, 1.807) is 4.90 Å². The van der Waals surface area contributed by atoms with E-state index in [1.165, 1.54) is 0 Å². The second-order valence-electron chi connectivity index (χ2n) is 5.08. The number of nitrogens with zero attached hydrogens (tertiary/aromatic N) is 2. The van der Waals surface area contributed by atoms with Crippen molar-refractivity contribution in [2.24, 2.45) is 0 Å². The Bertz CT molecular complexity index is 448. The third-order valence-corrected chi connectivity index (χ3v) is 3.31. The van der Waals surface area contributed by atoms with Crippen molar-refractivity contribution in [2.45, 2.75) is 18.9 Å². The van der Waals surface area contributed by atoms with Gasteiger partial charge in [0.1, 0.15) is 0 Å². The first kappa shape index (κ1) is 13.7. The number of benzene rings is 1. The summed E-state index contributed by atoms with van der Waals surface area (Å²) in [5, 5.41) is 12.5. The zero-order chi connectivity index (χ0) is 13.8. The number of nitrogens with one attached hydrogen (secondary N) is 1. The van der Waals surface area contributed by atoms with Crippen LogP contribution in [-0.4, -0.2) is 49.3 Å². The van der Waals surface area contributed by atoms with Crippen LogP contribution in [0.15, 0.2) is 24.3 Å². The van der Waals surface area contributed by atoms with Gasteiger partial charge < -0.3 is 20.2 Å². The molecule has 2 N–H and O–H groups in total. The fourth-order valence-corrected chi connectivity index (χ4v) is 2.30. The fourth-order valence-electron chi connectivity index (χ4n) is 2.30. The summed E-state index contributed by atoms with van der Waals surface area (Å²) in [5.41, 5.74) is 1.76. The standard InChI is InChI=1S/C14H21N3O2/c1-16(2)13-8-4-3-7-12(13)15-14(19)17-9-5-6-11(18)10-17/h3-4,7-8,11,18H,5-6,9-10H2,1-2H3,(H,15,19).